The van der Waals surface area contributed by atoms with E-state index in [9.17, 15) is 0 Å². The number of para-hydroxylation sites is 1. The molecule has 0 saturated carbocycles. The SMILES string of the molecule is CC(C)(C)n1cc(CNCc2cccc3c2OCO3)nn1. The third-order valence-corrected chi connectivity index (χ3v) is 3.33. The van der Waals surface area contributed by atoms with Crippen molar-refractivity contribution in [1.82, 2.24) is 20.3 Å². The maximum absolute atomic E-state index is 5.49. The summed E-state index contributed by atoms with van der Waals surface area (Å²) in [5, 5.41) is 11.7. The van der Waals surface area contributed by atoms with Crippen LogP contribution < -0.4 is 14.8 Å². The van der Waals surface area contributed by atoms with Gasteiger partial charge in [-0.2, -0.15) is 0 Å². The van der Waals surface area contributed by atoms with Crippen LogP contribution in [0.5, 0.6) is 11.5 Å². The second-order valence-corrected chi connectivity index (χ2v) is 6.08. The Labute approximate surface area is 124 Å². The van der Waals surface area contributed by atoms with E-state index in [1.165, 1.54) is 0 Å². The summed E-state index contributed by atoms with van der Waals surface area (Å²) >= 11 is 0. The number of benzene rings is 1. The van der Waals surface area contributed by atoms with Gasteiger partial charge in [-0.05, 0) is 26.8 Å². The van der Waals surface area contributed by atoms with Crippen molar-refractivity contribution in [2.24, 2.45) is 0 Å². The lowest BCUT2D eigenvalue weighted by Gasteiger charge is -2.17. The Bertz CT molecular complexity index is 631. The van der Waals surface area contributed by atoms with Gasteiger partial charge < -0.3 is 14.8 Å². The van der Waals surface area contributed by atoms with Gasteiger partial charge in [0, 0.05) is 18.7 Å². The number of fused-ring (bicyclic) bond motifs is 1. The number of nitrogens with one attached hydrogen (secondary N) is 1. The maximum atomic E-state index is 5.49. The van der Waals surface area contributed by atoms with Crippen molar-refractivity contribution in [3.63, 3.8) is 0 Å². The van der Waals surface area contributed by atoms with Gasteiger partial charge in [0.25, 0.3) is 0 Å². The summed E-state index contributed by atoms with van der Waals surface area (Å²) in [6, 6.07) is 5.92. The second-order valence-electron chi connectivity index (χ2n) is 6.08. The summed E-state index contributed by atoms with van der Waals surface area (Å²) in [5.41, 5.74) is 1.97. The Hall–Kier alpha value is -2.08. The molecule has 0 fully saturated rings. The Balaban J connectivity index is 1.60. The average Bonchev–Trinajstić information content (AvgIpc) is 3.06. The number of rotatable bonds is 4. The van der Waals surface area contributed by atoms with Crippen LogP contribution in [0.3, 0.4) is 0 Å². The third kappa shape index (κ3) is 3.00. The molecular formula is C15H20N4O2. The highest BCUT2D eigenvalue weighted by molar-refractivity contribution is 5.48. The zero-order valence-corrected chi connectivity index (χ0v) is 12.6. The van der Waals surface area contributed by atoms with E-state index in [1.807, 2.05) is 29.1 Å². The van der Waals surface area contributed by atoms with E-state index in [2.05, 4.69) is 36.4 Å². The molecule has 1 aromatic carbocycles. The molecule has 1 aliphatic rings. The predicted octanol–water partition coefficient (Wildman–Crippen LogP) is 2.05. The highest BCUT2D eigenvalue weighted by Gasteiger charge is 2.17. The van der Waals surface area contributed by atoms with Crippen molar-refractivity contribution in [3.05, 3.63) is 35.7 Å². The molecule has 0 spiro atoms. The van der Waals surface area contributed by atoms with Crippen LogP contribution in [0.2, 0.25) is 0 Å². The van der Waals surface area contributed by atoms with E-state index in [0.29, 0.717) is 19.9 Å². The highest BCUT2D eigenvalue weighted by Crippen LogP contribution is 2.35. The van der Waals surface area contributed by atoms with Gasteiger partial charge in [-0.25, -0.2) is 4.68 Å². The number of aromatic nitrogens is 3. The predicted molar refractivity (Wildman–Crippen MR) is 78.1 cm³/mol. The molecule has 0 saturated heterocycles. The Morgan fingerprint density at radius 2 is 2.10 bits per heavy atom. The smallest absolute Gasteiger partial charge is 0.231 e. The maximum Gasteiger partial charge on any atom is 0.231 e. The van der Waals surface area contributed by atoms with Gasteiger partial charge in [0.15, 0.2) is 11.5 Å². The molecule has 2 heterocycles. The first-order valence-electron chi connectivity index (χ1n) is 7.04. The molecule has 0 radical (unpaired) electrons. The Morgan fingerprint density at radius 3 is 2.86 bits per heavy atom. The first-order chi connectivity index (χ1) is 10.0. The van der Waals surface area contributed by atoms with Crippen LogP contribution in [0.25, 0.3) is 0 Å². The topological polar surface area (TPSA) is 61.2 Å². The molecule has 6 heteroatoms. The zero-order chi connectivity index (χ0) is 14.9. The molecule has 21 heavy (non-hydrogen) atoms. The van der Waals surface area contributed by atoms with Gasteiger partial charge in [0.2, 0.25) is 6.79 Å². The largest absolute Gasteiger partial charge is 0.454 e. The van der Waals surface area contributed by atoms with Crippen LogP contribution in [0.4, 0.5) is 0 Å². The normalized spacial score (nSPS) is 13.7. The average molecular weight is 288 g/mol. The zero-order valence-electron chi connectivity index (χ0n) is 12.6. The fraction of sp³-hybridized carbons (Fsp3) is 0.467. The molecule has 1 aromatic heterocycles. The van der Waals surface area contributed by atoms with Gasteiger partial charge in [0.1, 0.15) is 0 Å². The van der Waals surface area contributed by atoms with Crippen LogP contribution in [0.15, 0.2) is 24.4 Å². The van der Waals surface area contributed by atoms with Gasteiger partial charge in [-0.3, -0.25) is 0 Å². The molecular weight excluding hydrogens is 268 g/mol. The Kier molecular flexibility index (Phi) is 3.55. The number of hydrogen-bond donors (Lipinski definition) is 1. The van der Waals surface area contributed by atoms with Gasteiger partial charge in [0.05, 0.1) is 17.4 Å². The minimum atomic E-state index is -0.0450. The first-order valence-corrected chi connectivity index (χ1v) is 7.04. The summed E-state index contributed by atoms with van der Waals surface area (Å²) < 4.78 is 12.7. The van der Waals surface area contributed by atoms with Crippen LogP contribution in [-0.4, -0.2) is 21.8 Å². The number of nitrogens with zero attached hydrogens (tertiary/aromatic N) is 3. The summed E-state index contributed by atoms with van der Waals surface area (Å²) in [7, 11) is 0. The molecule has 3 rings (SSSR count). The van der Waals surface area contributed by atoms with Crippen LogP contribution in [0.1, 0.15) is 32.0 Å². The molecule has 0 amide bonds. The standard InChI is InChI=1S/C15H20N4O2/c1-15(2,3)19-9-12(17-18-19)8-16-7-11-5-4-6-13-14(11)21-10-20-13/h4-6,9,16H,7-8,10H2,1-3H3. The van der Waals surface area contributed by atoms with Crippen LogP contribution in [0, 0.1) is 0 Å². The number of ether oxygens (including phenoxy) is 2. The number of hydrogen-bond acceptors (Lipinski definition) is 5. The monoisotopic (exact) mass is 288 g/mol. The van der Waals surface area contributed by atoms with Crippen molar-refractivity contribution in [2.75, 3.05) is 6.79 Å². The van der Waals surface area contributed by atoms with E-state index in [1.54, 1.807) is 0 Å². The van der Waals surface area contributed by atoms with E-state index in [4.69, 9.17) is 9.47 Å². The lowest BCUT2D eigenvalue weighted by atomic mass is 10.1. The van der Waals surface area contributed by atoms with Crippen molar-refractivity contribution < 1.29 is 9.47 Å². The molecule has 112 valence electrons. The van der Waals surface area contributed by atoms with E-state index in [-0.39, 0.29) is 5.54 Å². The fourth-order valence-corrected chi connectivity index (χ4v) is 2.16. The molecule has 0 atom stereocenters. The van der Waals surface area contributed by atoms with Gasteiger partial charge in [-0.15, -0.1) is 5.10 Å². The highest BCUT2D eigenvalue weighted by atomic mass is 16.7. The Morgan fingerprint density at radius 1 is 1.24 bits per heavy atom. The lowest BCUT2D eigenvalue weighted by molar-refractivity contribution is 0.173. The van der Waals surface area contributed by atoms with Crippen LogP contribution >= 0.6 is 0 Å². The summed E-state index contributed by atoms with van der Waals surface area (Å²) in [4.78, 5) is 0. The molecule has 1 N–H and O–H groups in total. The van der Waals surface area contributed by atoms with Gasteiger partial charge >= 0.3 is 0 Å². The molecule has 2 aromatic rings. The quantitative estimate of drug-likeness (QED) is 0.933. The fourth-order valence-electron chi connectivity index (χ4n) is 2.16. The van der Waals surface area contributed by atoms with Crippen molar-refractivity contribution in [2.45, 2.75) is 39.4 Å². The summed E-state index contributed by atoms with van der Waals surface area (Å²) in [6.45, 7) is 7.97. The molecule has 0 aliphatic carbocycles. The minimum absolute atomic E-state index is 0.0450. The first kappa shape index (κ1) is 13.9. The second kappa shape index (κ2) is 5.37. The summed E-state index contributed by atoms with van der Waals surface area (Å²) in [6.07, 6.45) is 1.97. The van der Waals surface area contributed by atoms with E-state index < -0.39 is 0 Å². The van der Waals surface area contributed by atoms with Gasteiger partial charge in [-0.1, -0.05) is 17.3 Å². The van der Waals surface area contributed by atoms with E-state index in [0.717, 1.165) is 22.8 Å². The van der Waals surface area contributed by atoms with E-state index >= 15 is 0 Å². The molecule has 6 nitrogen and oxygen atoms in total. The third-order valence-electron chi connectivity index (χ3n) is 3.33. The molecule has 0 unspecified atom stereocenters. The van der Waals surface area contributed by atoms with Crippen molar-refractivity contribution in [1.29, 1.82) is 0 Å². The lowest BCUT2D eigenvalue weighted by Crippen LogP contribution is -2.22. The van der Waals surface area contributed by atoms with Crippen LogP contribution in [-0.2, 0) is 18.6 Å². The molecule has 1 aliphatic heterocycles. The van der Waals surface area contributed by atoms with Crippen molar-refractivity contribution >= 4 is 0 Å². The molecule has 0 bridgehead atoms. The minimum Gasteiger partial charge on any atom is -0.454 e. The van der Waals surface area contributed by atoms with Crippen molar-refractivity contribution in [3.8, 4) is 11.5 Å². The summed E-state index contributed by atoms with van der Waals surface area (Å²) in [5.74, 6) is 1.65.